The summed E-state index contributed by atoms with van der Waals surface area (Å²) in [7, 11) is 0. The summed E-state index contributed by atoms with van der Waals surface area (Å²) in [6, 6.07) is 1.08. The third-order valence-corrected chi connectivity index (χ3v) is 1.64. The molecular weight excluding hydrogens is 206 g/mol. The first-order valence-corrected chi connectivity index (χ1v) is 3.48. The van der Waals surface area contributed by atoms with Gasteiger partial charge >= 0.3 is 5.82 Å². The van der Waals surface area contributed by atoms with Crippen LogP contribution in [0.1, 0.15) is 12.0 Å². The van der Waals surface area contributed by atoms with Gasteiger partial charge in [0.2, 0.25) is 0 Å². The van der Waals surface area contributed by atoms with E-state index < -0.39 is 22.7 Å². The van der Waals surface area contributed by atoms with Crippen molar-refractivity contribution >= 4 is 17.4 Å². The molecule has 1 rings (SSSR count). The second kappa shape index (κ2) is 3.61. The fourth-order valence-corrected chi connectivity index (χ4v) is 1.01. The average molecular weight is 209 g/mol. The molecule has 0 atom stereocenters. The van der Waals surface area contributed by atoms with Crippen molar-refractivity contribution in [2.45, 2.75) is 6.43 Å². The molecule has 0 saturated carbocycles. The Labute approximate surface area is 76.3 Å². The summed E-state index contributed by atoms with van der Waals surface area (Å²) in [5.41, 5.74) is -0.839. The van der Waals surface area contributed by atoms with Gasteiger partial charge in [-0.2, -0.15) is 0 Å². The summed E-state index contributed by atoms with van der Waals surface area (Å²) in [5, 5.41) is 9.88. The van der Waals surface area contributed by atoms with Crippen molar-refractivity contribution in [2.24, 2.45) is 0 Å². The SMILES string of the molecule is O=[N+]([O-])c1nccc(Cl)c1C(F)F. The van der Waals surface area contributed by atoms with Crippen LogP contribution in [0, 0.1) is 10.1 Å². The van der Waals surface area contributed by atoms with E-state index >= 15 is 0 Å². The lowest BCUT2D eigenvalue weighted by atomic mass is 10.2. The van der Waals surface area contributed by atoms with Crippen LogP contribution < -0.4 is 0 Å². The molecule has 0 aliphatic carbocycles. The molecule has 0 aliphatic rings. The predicted molar refractivity (Wildman–Crippen MR) is 40.9 cm³/mol. The van der Waals surface area contributed by atoms with Crippen molar-refractivity contribution < 1.29 is 13.7 Å². The Morgan fingerprint density at radius 1 is 1.62 bits per heavy atom. The van der Waals surface area contributed by atoms with Gasteiger partial charge in [-0.05, 0) is 9.91 Å². The number of halogens is 3. The number of alkyl halides is 2. The number of rotatable bonds is 2. The number of hydrogen-bond acceptors (Lipinski definition) is 3. The highest BCUT2D eigenvalue weighted by atomic mass is 35.5. The molecular formula is C6H3ClF2N2O2. The van der Waals surface area contributed by atoms with Gasteiger partial charge in [-0.25, -0.2) is 8.78 Å². The summed E-state index contributed by atoms with van der Waals surface area (Å²) in [6.45, 7) is 0. The van der Waals surface area contributed by atoms with Crippen LogP contribution in [0.25, 0.3) is 0 Å². The van der Waals surface area contributed by atoms with E-state index in [1.807, 2.05) is 0 Å². The maximum Gasteiger partial charge on any atom is 0.373 e. The van der Waals surface area contributed by atoms with Gasteiger partial charge in [-0.15, -0.1) is 0 Å². The van der Waals surface area contributed by atoms with Gasteiger partial charge in [0.25, 0.3) is 6.43 Å². The van der Waals surface area contributed by atoms with Gasteiger partial charge in [0.1, 0.15) is 11.8 Å². The summed E-state index contributed by atoms with van der Waals surface area (Å²) < 4.78 is 24.4. The zero-order valence-electron chi connectivity index (χ0n) is 6.08. The van der Waals surface area contributed by atoms with Crippen molar-refractivity contribution in [2.75, 3.05) is 0 Å². The van der Waals surface area contributed by atoms with Crippen LogP contribution in [-0.4, -0.2) is 9.91 Å². The lowest BCUT2D eigenvalue weighted by molar-refractivity contribution is -0.391. The number of hydrogen-bond donors (Lipinski definition) is 0. The van der Waals surface area contributed by atoms with Gasteiger partial charge in [0.05, 0.1) is 5.02 Å². The average Bonchev–Trinajstić information content (AvgIpc) is 2.02. The van der Waals surface area contributed by atoms with Crippen molar-refractivity contribution in [3.63, 3.8) is 0 Å². The molecule has 70 valence electrons. The highest BCUT2D eigenvalue weighted by Gasteiger charge is 2.25. The minimum Gasteiger partial charge on any atom is -0.358 e. The molecule has 0 unspecified atom stereocenters. The molecule has 0 saturated heterocycles. The Bertz CT molecular complexity index is 345. The van der Waals surface area contributed by atoms with Gasteiger partial charge in [0, 0.05) is 6.07 Å². The van der Waals surface area contributed by atoms with Gasteiger partial charge in [-0.1, -0.05) is 11.6 Å². The molecule has 0 spiro atoms. The quantitative estimate of drug-likeness (QED) is 0.554. The first-order valence-electron chi connectivity index (χ1n) is 3.11. The monoisotopic (exact) mass is 208 g/mol. The molecule has 7 heteroatoms. The molecule has 0 fully saturated rings. The molecule has 0 bridgehead atoms. The first kappa shape index (κ1) is 9.79. The second-order valence-electron chi connectivity index (χ2n) is 2.09. The molecule has 0 N–H and O–H groups in total. The predicted octanol–water partition coefficient (Wildman–Crippen LogP) is 2.58. The zero-order chi connectivity index (χ0) is 10.0. The van der Waals surface area contributed by atoms with Crippen molar-refractivity contribution in [3.8, 4) is 0 Å². The van der Waals surface area contributed by atoms with Crippen LogP contribution in [0.5, 0.6) is 0 Å². The van der Waals surface area contributed by atoms with Gasteiger partial charge < -0.3 is 10.1 Å². The van der Waals surface area contributed by atoms with E-state index in [0.717, 1.165) is 12.3 Å². The van der Waals surface area contributed by atoms with Crippen LogP contribution in [0.3, 0.4) is 0 Å². The van der Waals surface area contributed by atoms with Crippen LogP contribution in [0.4, 0.5) is 14.6 Å². The Morgan fingerprint density at radius 2 is 2.23 bits per heavy atom. The molecule has 1 heterocycles. The van der Waals surface area contributed by atoms with Crippen LogP contribution in [-0.2, 0) is 0 Å². The fraction of sp³-hybridized carbons (Fsp3) is 0.167. The first-order chi connectivity index (χ1) is 6.04. The van der Waals surface area contributed by atoms with Crippen molar-refractivity contribution in [1.82, 2.24) is 4.98 Å². The summed E-state index contributed by atoms with van der Waals surface area (Å²) in [5.74, 6) is -0.900. The lowest BCUT2D eigenvalue weighted by Crippen LogP contribution is -1.99. The number of nitrogens with zero attached hydrogens (tertiary/aromatic N) is 2. The van der Waals surface area contributed by atoms with Crippen molar-refractivity contribution in [3.05, 3.63) is 33.0 Å². The molecule has 0 amide bonds. The topological polar surface area (TPSA) is 56.0 Å². The minimum atomic E-state index is -3.00. The van der Waals surface area contributed by atoms with E-state index in [2.05, 4.69) is 4.98 Å². The Balaban J connectivity index is 3.34. The molecule has 0 aliphatic heterocycles. The van der Waals surface area contributed by atoms with E-state index in [1.165, 1.54) is 0 Å². The number of aromatic nitrogens is 1. The van der Waals surface area contributed by atoms with E-state index in [-0.39, 0.29) is 5.02 Å². The summed E-state index contributed by atoms with van der Waals surface area (Å²) in [4.78, 5) is 12.4. The number of pyridine rings is 1. The van der Waals surface area contributed by atoms with E-state index in [4.69, 9.17) is 11.6 Å². The van der Waals surface area contributed by atoms with Crippen LogP contribution >= 0.6 is 11.6 Å². The summed E-state index contributed by atoms with van der Waals surface area (Å²) >= 11 is 5.34. The molecule has 4 nitrogen and oxygen atoms in total. The normalized spacial score (nSPS) is 10.5. The Kier molecular flexibility index (Phi) is 2.72. The highest BCUT2D eigenvalue weighted by molar-refractivity contribution is 6.31. The van der Waals surface area contributed by atoms with E-state index in [9.17, 15) is 18.9 Å². The Hall–Kier alpha value is -1.30. The number of nitro groups is 1. The maximum atomic E-state index is 12.2. The van der Waals surface area contributed by atoms with Crippen molar-refractivity contribution in [1.29, 1.82) is 0 Å². The van der Waals surface area contributed by atoms with E-state index in [1.54, 1.807) is 0 Å². The van der Waals surface area contributed by atoms with Crippen LogP contribution in [0.15, 0.2) is 12.3 Å². The third-order valence-electron chi connectivity index (χ3n) is 1.31. The largest absolute Gasteiger partial charge is 0.373 e. The fourth-order valence-electron chi connectivity index (χ4n) is 0.787. The third kappa shape index (κ3) is 1.89. The minimum absolute atomic E-state index is 0.350. The highest BCUT2D eigenvalue weighted by Crippen LogP contribution is 2.32. The molecule has 0 aromatic carbocycles. The van der Waals surface area contributed by atoms with Gasteiger partial charge in [-0.3, -0.25) is 0 Å². The summed E-state index contributed by atoms with van der Waals surface area (Å²) in [6.07, 6.45) is -1.99. The van der Waals surface area contributed by atoms with Gasteiger partial charge in [0.15, 0.2) is 0 Å². The van der Waals surface area contributed by atoms with Crippen LogP contribution in [0.2, 0.25) is 5.02 Å². The maximum absolute atomic E-state index is 12.2. The Morgan fingerprint density at radius 3 is 2.62 bits per heavy atom. The molecule has 13 heavy (non-hydrogen) atoms. The molecule has 1 aromatic heterocycles. The lowest BCUT2D eigenvalue weighted by Gasteiger charge is -2.01. The zero-order valence-corrected chi connectivity index (χ0v) is 6.83. The molecule has 0 radical (unpaired) electrons. The standard InChI is InChI=1S/C6H3ClF2N2O2/c7-3-1-2-10-6(11(12)13)4(3)5(8)9/h1-2,5H. The second-order valence-corrected chi connectivity index (χ2v) is 2.50. The molecule has 1 aromatic rings. The van der Waals surface area contributed by atoms with E-state index in [0.29, 0.717) is 0 Å². The smallest absolute Gasteiger partial charge is 0.358 e.